The summed E-state index contributed by atoms with van der Waals surface area (Å²) in [6.45, 7) is 2.28. The van der Waals surface area contributed by atoms with Gasteiger partial charge in [0.05, 0.1) is 31.7 Å². The molecule has 162 valence electrons. The topological polar surface area (TPSA) is 71.1 Å². The normalized spacial score (nSPS) is 32.4. The molecule has 1 unspecified atom stereocenters. The molecule has 6 nitrogen and oxygen atoms in total. The Balaban J connectivity index is 1.30. The van der Waals surface area contributed by atoms with Crippen molar-refractivity contribution in [2.75, 3.05) is 26.1 Å². The molecule has 0 amide bonds. The maximum Gasteiger partial charge on any atom is 0.264 e. The molecule has 3 aliphatic heterocycles. The quantitative estimate of drug-likeness (QED) is 0.590. The lowest BCUT2D eigenvalue weighted by Crippen LogP contribution is -2.49. The third kappa shape index (κ3) is 5.20. The van der Waals surface area contributed by atoms with Gasteiger partial charge < -0.3 is 14.2 Å². The van der Waals surface area contributed by atoms with Crippen LogP contribution >= 0.6 is 0 Å². The summed E-state index contributed by atoms with van der Waals surface area (Å²) in [5.41, 5.74) is 2.24. The van der Waals surface area contributed by atoms with Crippen molar-refractivity contribution in [1.82, 2.24) is 0 Å². The minimum Gasteiger partial charge on any atom is -0.370 e. The molecule has 3 saturated heterocycles. The Morgan fingerprint density at radius 2 is 1.86 bits per heavy atom. The van der Waals surface area contributed by atoms with Crippen LogP contribution in [-0.4, -0.2) is 40.8 Å². The molecule has 2 bridgehead atoms. The van der Waals surface area contributed by atoms with Gasteiger partial charge in [-0.15, -0.1) is 0 Å². The first kappa shape index (κ1) is 21.2. The van der Waals surface area contributed by atoms with Gasteiger partial charge in [-0.2, -0.15) is 8.42 Å². The van der Waals surface area contributed by atoms with Crippen LogP contribution in [0.5, 0.6) is 0 Å². The first-order valence-corrected chi connectivity index (χ1v) is 12.5. The Kier molecular flexibility index (Phi) is 6.33. The van der Waals surface area contributed by atoms with Crippen LogP contribution in [0.25, 0.3) is 0 Å². The molecule has 4 aliphatic rings. The molecule has 1 aliphatic carbocycles. The molecule has 1 saturated carbocycles. The van der Waals surface area contributed by atoms with Crippen molar-refractivity contribution >= 4 is 10.1 Å². The molecule has 1 atom stereocenters. The third-order valence-electron chi connectivity index (χ3n) is 6.76. The van der Waals surface area contributed by atoms with Crippen molar-refractivity contribution in [3.05, 3.63) is 35.4 Å². The molecule has 0 aromatic heterocycles. The van der Waals surface area contributed by atoms with Crippen LogP contribution in [0, 0.1) is 5.41 Å². The van der Waals surface area contributed by atoms with Crippen LogP contribution in [-0.2, 0) is 40.7 Å². The lowest BCUT2D eigenvalue weighted by Gasteiger charge is -2.53. The first-order valence-electron chi connectivity index (χ1n) is 10.7. The van der Waals surface area contributed by atoms with Gasteiger partial charge in [0.2, 0.25) is 0 Å². The van der Waals surface area contributed by atoms with Crippen LogP contribution in [0.2, 0.25) is 0 Å². The first-order chi connectivity index (χ1) is 13.9. The van der Waals surface area contributed by atoms with Crippen molar-refractivity contribution < 1.29 is 26.8 Å². The van der Waals surface area contributed by atoms with Gasteiger partial charge in [0.25, 0.3) is 10.1 Å². The van der Waals surface area contributed by atoms with E-state index in [-0.39, 0.29) is 23.9 Å². The fourth-order valence-corrected chi connectivity index (χ4v) is 5.19. The fraction of sp³-hybridized carbons (Fsp3) is 0.727. The van der Waals surface area contributed by atoms with Gasteiger partial charge in [-0.3, -0.25) is 4.18 Å². The zero-order valence-corrected chi connectivity index (χ0v) is 18.0. The van der Waals surface area contributed by atoms with Gasteiger partial charge in [0.1, 0.15) is 0 Å². The van der Waals surface area contributed by atoms with E-state index in [9.17, 15) is 8.42 Å². The summed E-state index contributed by atoms with van der Waals surface area (Å²) in [7, 11) is -3.38. The van der Waals surface area contributed by atoms with Crippen molar-refractivity contribution in [1.29, 1.82) is 0 Å². The van der Waals surface area contributed by atoms with Gasteiger partial charge in [-0.1, -0.05) is 24.3 Å². The van der Waals surface area contributed by atoms with Gasteiger partial charge in [-0.05, 0) is 67.9 Å². The van der Waals surface area contributed by atoms with Crippen LogP contribution < -0.4 is 0 Å². The highest BCUT2D eigenvalue weighted by Crippen LogP contribution is 2.54. The number of ether oxygens (including phenoxy) is 3. The summed E-state index contributed by atoms with van der Waals surface area (Å²) in [5.74, 6) is 0. The highest BCUT2D eigenvalue weighted by atomic mass is 32.2. The van der Waals surface area contributed by atoms with E-state index in [1.165, 1.54) is 12.0 Å². The van der Waals surface area contributed by atoms with E-state index >= 15 is 0 Å². The Morgan fingerprint density at radius 1 is 1.10 bits per heavy atom. The molecule has 0 spiro atoms. The SMILES string of the molecule is CS(=O)(=O)OCCC12CCC(c3ccc(COC4CCCCO4)cc3)(CC1)OC2. The van der Waals surface area contributed by atoms with Crippen molar-refractivity contribution in [2.45, 2.75) is 69.9 Å². The van der Waals surface area contributed by atoms with E-state index in [1.54, 1.807) is 0 Å². The van der Waals surface area contributed by atoms with E-state index in [2.05, 4.69) is 24.3 Å². The lowest BCUT2D eigenvalue weighted by molar-refractivity contribution is -0.193. The Bertz CT molecular complexity index is 757. The monoisotopic (exact) mass is 424 g/mol. The maximum atomic E-state index is 11.2. The molecule has 5 rings (SSSR count). The molecule has 0 radical (unpaired) electrons. The largest absolute Gasteiger partial charge is 0.370 e. The number of benzene rings is 1. The van der Waals surface area contributed by atoms with Crippen molar-refractivity contribution in [3.8, 4) is 0 Å². The molecule has 4 fully saturated rings. The van der Waals surface area contributed by atoms with Gasteiger partial charge in [0.15, 0.2) is 6.29 Å². The summed E-state index contributed by atoms with van der Waals surface area (Å²) >= 11 is 0. The summed E-state index contributed by atoms with van der Waals surface area (Å²) in [6.07, 6.45) is 9.07. The molecule has 29 heavy (non-hydrogen) atoms. The number of hydrogen-bond acceptors (Lipinski definition) is 6. The summed E-state index contributed by atoms with van der Waals surface area (Å²) in [6, 6.07) is 8.61. The molecular weight excluding hydrogens is 392 g/mol. The standard InChI is InChI=1S/C22H32O6S/c1-29(23,24)28-15-13-21-9-11-22(12-10-21,27-17-21)19-7-5-18(6-8-19)16-26-20-4-2-3-14-25-20/h5-8,20H,2-4,9-17H2,1H3. The second-order valence-corrected chi connectivity index (χ2v) is 10.5. The minimum absolute atomic E-state index is 0.0558. The maximum absolute atomic E-state index is 11.2. The van der Waals surface area contributed by atoms with Gasteiger partial charge >= 0.3 is 0 Å². The van der Waals surface area contributed by atoms with Crippen LogP contribution in [0.15, 0.2) is 24.3 Å². The van der Waals surface area contributed by atoms with Crippen LogP contribution in [0.3, 0.4) is 0 Å². The summed E-state index contributed by atoms with van der Waals surface area (Å²) in [4.78, 5) is 0. The second-order valence-electron chi connectivity index (χ2n) is 8.86. The molecule has 1 aromatic rings. The van der Waals surface area contributed by atoms with Gasteiger partial charge in [-0.25, -0.2) is 0 Å². The Hall–Kier alpha value is -0.990. The van der Waals surface area contributed by atoms with Gasteiger partial charge in [0, 0.05) is 6.61 Å². The Labute approximate surface area is 174 Å². The lowest BCUT2D eigenvalue weighted by atomic mass is 9.63. The zero-order chi connectivity index (χ0) is 20.4. The molecule has 7 heteroatoms. The highest BCUT2D eigenvalue weighted by molar-refractivity contribution is 7.85. The summed E-state index contributed by atoms with van der Waals surface area (Å²) in [5, 5.41) is 0. The number of rotatable bonds is 8. The highest BCUT2D eigenvalue weighted by Gasteiger charge is 2.50. The fourth-order valence-electron chi connectivity index (χ4n) is 4.80. The number of hydrogen-bond donors (Lipinski definition) is 0. The van der Waals surface area contributed by atoms with Crippen LogP contribution in [0.4, 0.5) is 0 Å². The van der Waals surface area contributed by atoms with E-state index in [0.29, 0.717) is 13.2 Å². The van der Waals surface area contributed by atoms with Crippen LogP contribution in [0.1, 0.15) is 62.5 Å². The Morgan fingerprint density at radius 3 is 2.45 bits per heavy atom. The molecular formula is C22H32O6S. The summed E-state index contributed by atoms with van der Waals surface area (Å²) < 4.78 is 45.3. The third-order valence-corrected chi connectivity index (χ3v) is 7.35. The predicted octanol–water partition coefficient (Wildman–Crippen LogP) is 3.88. The van der Waals surface area contributed by atoms with E-state index in [0.717, 1.165) is 63.4 Å². The van der Waals surface area contributed by atoms with Crippen molar-refractivity contribution in [3.63, 3.8) is 0 Å². The average molecular weight is 425 g/mol. The predicted molar refractivity (Wildman–Crippen MR) is 109 cm³/mol. The van der Waals surface area contributed by atoms with Crippen molar-refractivity contribution in [2.24, 2.45) is 5.41 Å². The average Bonchev–Trinajstić information content (AvgIpc) is 2.74. The zero-order valence-electron chi connectivity index (χ0n) is 17.2. The number of fused-ring (bicyclic) bond motifs is 3. The smallest absolute Gasteiger partial charge is 0.264 e. The van der Waals surface area contributed by atoms with E-state index < -0.39 is 10.1 Å². The molecule has 3 heterocycles. The minimum atomic E-state index is -3.38. The molecule has 0 N–H and O–H groups in total. The second kappa shape index (κ2) is 8.63. The van der Waals surface area contributed by atoms with E-state index in [4.69, 9.17) is 18.4 Å². The molecule has 1 aromatic carbocycles. The van der Waals surface area contributed by atoms with E-state index in [1.807, 2.05) is 0 Å².